The lowest BCUT2D eigenvalue weighted by molar-refractivity contribution is -0.152. The fourth-order valence-electron chi connectivity index (χ4n) is 2.99. The Bertz CT molecular complexity index is 737. The summed E-state index contributed by atoms with van der Waals surface area (Å²) < 4.78 is 0. The van der Waals surface area contributed by atoms with Crippen LogP contribution in [-0.2, 0) is 14.4 Å². The predicted molar refractivity (Wildman–Crippen MR) is 78.9 cm³/mol. The molecule has 1 fully saturated rings. The van der Waals surface area contributed by atoms with E-state index in [1.165, 1.54) is 12.1 Å². The van der Waals surface area contributed by atoms with E-state index in [0.717, 1.165) is 9.80 Å². The van der Waals surface area contributed by atoms with E-state index in [4.69, 9.17) is 5.11 Å². The minimum atomic E-state index is -1.14. The third-order valence-corrected chi connectivity index (χ3v) is 4.17. The number of fused-ring (bicyclic) bond motifs is 1. The summed E-state index contributed by atoms with van der Waals surface area (Å²) >= 11 is 0. The van der Waals surface area contributed by atoms with E-state index in [1.807, 2.05) is 0 Å². The van der Waals surface area contributed by atoms with Crippen LogP contribution in [0.5, 0.6) is 0 Å². The molecule has 1 saturated heterocycles. The predicted octanol–water partition coefficient (Wildman–Crippen LogP) is 0.275. The molecule has 8 nitrogen and oxygen atoms in total. The van der Waals surface area contributed by atoms with Crippen LogP contribution in [0.25, 0.3) is 0 Å². The number of carbonyl (C=O) groups is 5. The van der Waals surface area contributed by atoms with Gasteiger partial charge in [-0.15, -0.1) is 0 Å². The van der Waals surface area contributed by atoms with Gasteiger partial charge >= 0.3 is 5.97 Å². The minimum absolute atomic E-state index is 0.0244. The summed E-state index contributed by atoms with van der Waals surface area (Å²) in [6.45, 7) is -0.271. The Morgan fingerprint density at radius 1 is 1.08 bits per heavy atom. The van der Waals surface area contributed by atoms with Gasteiger partial charge in [0.25, 0.3) is 17.7 Å². The summed E-state index contributed by atoms with van der Waals surface area (Å²) in [6.07, 6.45) is -0.359. The average molecular weight is 330 g/mol. The van der Waals surface area contributed by atoms with Gasteiger partial charge in [-0.25, -0.2) is 0 Å². The fraction of sp³-hybridized carbons (Fsp3) is 0.312. The first-order valence-electron chi connectivity index (χ1n) is 7.44. The van der Waals surface area contributed by atoms with Crippen LogP contribution in [0.15, 0.2) is 24.3 Å². The number of carboxylic acids is 1. The minimum Gasteiger partial charge on any atom is -0.481 e. The van der Waals surface area contributed by atoms with E-state index in [-0.39, 0.29) is 36.9 Å². The van der Waals surface area contributed by atoms with Crippen molar-refractivity contribution in [3.63, 3.8) is 0 Å². The molecular weight excluding hydrogens is 316 g/mol. The number of carbonyl (C=O) groups excluding carboxylic acids is 4. The number of carboxylic acid groups (broad SMARTS) is 1. The van der Waals surface area contributed by atoms with Crippen molar-refractivity contribution in [1.82, 2.24) is 9.80 Å². The molecule has 2 aliphatic heterocycles. The van der Waals surface area contributed by atoms with Gasteiger partial charge in [-0.3, -0.25) is 33.8 Å². The van der Waals surface area contributed by atoms with Gasteiger partial charge in [0.05, 0.1) is 17.5 Å². The molecule has 1 atom stereocenters. The zero-order valence-corrected chi connectivity index (χ0v) is 12.6. The summed E-state index contributed by atoms with van der Waals surface area (Å²) in [7, 11) is 0. The second kappa shape index (κ2) is 5.88. The number of nitrogens with zero attached hydrogens (tertiary/aromatic N) is 2. The number of benzene rings is 1. The van der Waals surface area contributed by atoms with E-state index in [1.54, 1.807) is 12.1 Å². The van der Waals surface area contributed by atoms with Gasteiger partial charge in [-0.1, -0.05) is 12.1 Å². The van der Waals surface area contributed by atoms with Gasteiger partial charge in [0, 0.05) is 13.0 Å². The standard InChI is InChI=1S/C16H14N2O6/c19-12-6-5-11(16(24)17(12)8-7-13(20)21)18-14(22)9-3-1-2-4-10(9)15(18)23/h1-4,11H,5-8H2,(H,20,21). The maximum absolute atomic E-state index is 12.5. The maximum atomic E-state index is 12.5. The zero-order valence-electron chi connectivity index (χ0n) is 12.6. The molecular formula is C16H14N2O6. The molecule has 2 heterocycles. The van der Waals surface area contributed by atoms with E-state index in [9.17, 15) is 24.0 Å². The van der Waals surface area contributed by atoms with Crippen LogP contribution >= 0.6 is 0 Å². The third kappa shape index (κ3) is 2.45. The summed E-state index contributed by atoms with van der Waals surface area (Å²) in [4.78, 5) is 61.7. The highest BCUT2D eigenvalue weighted by atomic mass is 16.4. The number of piperidine rings is 1. The second-order valence-electron chi connectivity index (χ2n) is 5.61. The Kier molecular flexibility index (Phi) is 3.88. The molecule has 0 aromatic heterocycles. The van der Waals surface area contributed by atoms with Crippen LogP contribution < -0.4 is 0 Å². The monoisotopic (exact) mass is 330 g/mol. The van der Waals surface area contributed by atoms with Crippen molar-refractivity contribution < 1.29 is 29.1 Å². The number of rotatable bonds is 4. The lowest BCUT2D eigenvalue weighted by atomic mass is 10.0. The number of hydrogen-bond donors (Lipinski definition) is 1. The van der Waals surface area contributed by atoms with E-state index >= 15 is 0 Å². The van der Waals surface area contributed by atoms with Crippen LogP contribution in [0.4, 0.5) is 0 Å². The Hall–Kier alpha value is -3.03. The van der Waals surface area contributed by atoms with Crippen LogP contribution in [0.3, 0.4) is 0 Å². The molecule has 24 heavy (non-hydrogen) atoms. The first-order valence-corrected chi connectivity index (χ1v) is 7.44. The summed E-state index contributed by atoms with van der Waals surface area (Å²) in [5.74, 6) is -3.47. The van der Waals surface area contributed by atoms with E-state index in [2.05, 4.69) is 0 Å². The topological polar surface area (TPSA) is 112 Å². The van der Waals surface area contributed by atoms with Crippen molar-refractivity contribution in [2.75, 3.05) is 6.54 Å². The first-order chi connectivity index (χ1) is 11.4. The summed E-state index contributed by atoms with van der Waals surface area (Å²) in [5, 5.41) is 8.73. The molecule has 0 spiro atoms. The molecule has 0 bridgehead atoms. The van der Waals surface area contributed by atoms with E-state index < -0.39 is 35.6 Å². The Labute approximate surface area is 136 Å². The highest BCUT2D eigenvalue weighted by Gasteiger charge is 2.46. The molecule has 1 aromatic carbocycles. The Balaban J connectivity index is 1.86. The van der Waals surface area contributed by atoms with Crippen LogP contribution in [0.1, 0.15) is 40.0 Å². The number of amides is 4. The summed E-state index contributed by atoms with van der Waals surface area (Å²) in [5.41, 5.74) is 0.452. The van der Waals surface area contributed by atoms with Gasteiger partial charge < -0.3 is 5.11 Å². The molecule has 8 heteroatoms. The highest BCUT2D eigenvalue weighted by Crippen LogP contribution is 2.28. The zero-order chi connectivity index (χ0) is 17.4. The Morgan fingerprint density at radius 3 is 2.21 bits per heavy atom. The molecule has 2 aliphatic rings. The lowest BCUT2D eigenvalue weighted by Gasteiger charge is -2.34. The van der Waals surface area contributed by atoms with Gasteiger partial charge in [0.15, 0.2) is 0 Å². The van der Waals surface area contributed by atoms with E-state index in [0.29, 0.717) is 0 Å². The summed E-state index contributed by atoms with van der Waals surface area (Å²) in [6, 6.07) is 5.19. The third-order valence-electron chi connectivity index (χ3n) is 4.17. The largest absolute Gasteiger partial charge is 0.481 e. The van der Waals surface area contributed by atoms with Gasteiger partial charge in [0.2, 0.25) is 5.91 Å². The molecule has 1 unspecified atom stereocenters. The number of aliphatic carboxylic acids is 1. The van der Waals surface area contributed by atoms with Crippen molar-refractivity contribution in [2.24, 2.45) is 0 Å². The lowest BCUT2D eigenvalue weighted by Crippen LogP contribution is -2.56. The highest BCUT2D eigenvalue weighted by molar-refractivity contribution is 6.23. The first kappa shape index (κ1) is 15.9. The SMILES string of the molecule is O=C(O)CCN1C(=O)CCC(N2C(=O)c3ccccc3C2=O)C1=O. The van der Waals surface area contributed by atoms with Crippen LogP contribution in [0, 0.1) is 0 Å². The number of hydrogen-bond acceptors (Lipinski definition) is 5. The molecule has 0 aliphatic carbocycles. The normalized spacial score (nSPS) is 20.6. The van der Waals surface area contributed by atoms with Crippen LogP contribution in [-0.4, -0.2) is 57.1 Å². The van der Waals surface area contributed by atoms with Crippen molar-refractivity contribution in [2.45, 2.75) is 25.3 Å². The maximum Gasteiger partial charge on any atom is 0.305 e. The molecule has 0 saturated carbocycles. The molecule has 3 rings (SSSR count). The molecule has 124 valence electrons. The van der Waals surface area contributed by atoms with Crippen molar-refractivity contribution in [3.8, 4) is 0 Å². The quantitative estimate of drug-likeness (QED) is 0.793. The van der Waals surface area contributed by atoms with Crippen molar-refractivity contribution in [3.05, 3.63) is 35.4 Å². The smallest absolute Gasteiger partial charge is 0.305 e. The second-order valence-corrected chi connectivity index (χ2v) is 5.61. The molecule has 1 aromatic rings. The average Bonchev–Trinajstić information content (AvgIpc) is 2.80. The van der Waals surface area contributed by atoms with Crippen molar-refractivity contribution >= 4 is 29.6 Å². The van der Waals surface area contributed by atoms with Gasteiger partial charge in [0.1, 0.15) is 6.04 Å². The molecule has 0 radical (unpaired) electrons. The fourth-order valence-corrected chi connectivity index (χ4v) is 2.99. The van der Waals surface area contributed by atoms with Gasteiger partial charge in [-0.2, -0.15) is 0 Å². The molecule has 4 amide bonds. The van der Waals surface area contributed by atoms with Crippen LogP contribution in [0.2, 0.25) is 0 Å². The molecule has 1 N–H and O–H groups in total. The van der Waals surface area contributed by atoms with Gasteiger partial charge in [-0.05, 0) is 18.6 Å². The number of likely N-dealkylation sites (tertiary alicyclic amines) is 1. The number of imide groups is 2. The Morgan fingerprint density at radius 2 is 1.67 bits per heavy atom. The van der Waals surface area contributed by atoms with Crippen molar-refractivity contribution in [1.29, 1.82) is 0 Å².